The van der Waals surface area contributed by atoms with Gasteiger partial charge >= 0.3 is 5.69 Å². The number of anilines is 2. The number of aromatic nitrogens is 1. The number of sulfone groups is 1. The highest BCUT2D eigenvalue weighted by molar-refractivity contribution is 7.90. The summed E-state index contributed by atoms with van der Waals surface area (Å²) in [6.45, 7) is -0.0312. The summed E-state index contributed by atoms with van der Waals surface area (Å²) in [5.74, 6) is -2.66. The molecule has 166 valence electrons. The van der Waals surface area contributed by atoms with Crippen LogP contribution in [0.2, 0.25) is 0 Å². The van der Waals surface area contributed by atoms with Gasteiger partial charge in [0.2, 0.25) is 17.6 Å². The lowest BCUT2D eigenvalue weighted by Crippen LogP contribution is -2.28. The lowest BCUT2D eigenvalue weighted by molar-refractivity contribution is -0.387. The molecule has 1 atom stereocenters. The lowest BCUT2D eigenvalue weighted by Gasteiger charge is -2.16. The van der Waals surface area contributed by atoms with Gasteiger partial charge in [0.1, 0.15) is 0 Å². The van der Waals surface area contributed by atoms with Crippen molar-refractivity contribution in [1.82, 2.24) is 4.98 Å². The Morgan fingerprint density at radius 1 is 1.31 bits per heavy atom. The number of hydrogen-bond donors (Lipinski definition) is 1. The summed E-state index contributed by atoms with van der Waals surface area (Å²) < 4.78 is 37.6. The molecular weight excluding hydrogens is 463 g/mol. The highest BCUT2D eigenvalue weighted by Gasteiger charge is 2.36. The predicted molar refractivity (Wildman–Crippen MR) is 115 cm³/mol. The van der Waals surface area contributed by atoms with Crippen LogP contribution in [0.1, 0.15) is 6.42 Å². The SMILES string of the molecule is CS(=O)(=O)c1ccc2nc(NC(=O)C3CC(=O)N(c4ccc(F)c([N+](=O)[O-])c4)C3)sc2c1. The molecule has 1 aliphatic rings. The second kappa shape index (κ2) is 7.91. The third-order valence-corrected chi connectivity index (χ3v) is 7.00. The molecule has 0 radical (unpaired) electrons. The van der Waals surface area contributed by atoms with Gasteiger partial charge in [-0.2, -0.15) is 4.39 Å². The number of rotatable bonds is 5. The Labute approximate surface area is 184 Å². The quantitative estimate of drug-likeness (QED) is 0.439. The van der Waals surface area contributed by atoms with E-state index >= 15 is 0 Å². The summed E-state index contributed by atoms with van der Waals surface area (Å²) in [4.78, 5) is 40.7. The number of nitro groups is 1. The van der Waals surface area contributed by atoms with Crippen LogP contribution in [0.5, 0.6) is 0 Å². The van der Waals surface area contributed by atoms with Crippen molar-refractivity contribution in [3.05, 3.63) is 52.3 Å². The molecule has 13 heteroatoms. The maximum absolute atomic E-state index is 13.6. The minimum Gasteiger partial charge on any atom is -0.311 e. The first-order chi connectivity index (χ1) is 15.0. The summed E-state index contributed by atoms with van der Waals surface area (Å²) in [5, 5.41) is 13.8. The van der Waals surface area contributed by atoms with Crippen molar-refractivity contribution >= 4 is 59.7 Å². The zero-order valence-corrected chi connectivity index (χ0v) is 18.1. The fourth-order valence-electron chi connectivity index (χ4n) is 3.34. The van der Waals surface area contributed by atoms with Crippen LogP contribution in [0.25, 0.3) is 10.2 Å². The average Bonchev–Trinajstić information content (AvgIpc) is 3.29. The number of thiazole rings is 1. The summed E-state index contributed by atoms with van der Waals surface area (Å²) in [6, 6.07) is 7.55. The number of amides is 2. The van der Waals surface area contributed by atoms with Crippen LogP contribution in [-0.2, 0) is 19.4 Å². The Balaban J connectivity index is 1.51. The summed E-state index contributed by atoms with van der Waals surface area (Å²) in [5.41, 5.74) is -0.113. The average molecular weight is 478 g/mol. The fraction of sp³-hybridized carbons (Fsp3) is 0.211. The van der Waals surface area contributed by atoms with Gasteiger partial charge in [0.25, 0.3) is 0 Å². The van der Waals surface area contributed by atoms with E-state index in [0.717, 1.165) is 29.7 Å². The molecule has 1 saturated heterocycles. The van der Waals surface area contributed by atoms with Crippen LogP contribution >= 0.6 is 11.3 Å². The van der Waals surface area contributed by atoms with Crippen molar-refractivity contribution in [3.8, 4) is 0 Å². The van der Waals surface area contributed by atoms with E-state index in [4.69, 9.17) is 0 Å². The van der Waals surface area contributed by atoms with Crippen molar-refractivity contribution in [3.63, 3.8) is 0 Å². The van der Waals surface area contributed by atoms with Gasteiger partial charge in [-0.15, -0.1) is 0 Å². The van der Waals surface area contributed by atoms with Crippen molar-refractivity contribution < 1.29 is 27.3 Å². The molecule has 1 aromatic heterocycles. The molecule has 1 aliphatic heterocycles. The number of carbonyl (C=O) groups is 2. The number of carbonyl (C=O) groups excluding carboxylic acids is 2. The number of hydrogen-bond acceptors (Lipinski definition) is 8. The molecule has 10 nitrogen and oxygen atoms in total. The molecule has 0 bridgehead atoms. The highest BCUT2D eigenvalue weighted by atomic mass is 32.2. The largest absolute Gasteiger partial charge is 0.311 e. The molecule has 32 heavy (non-hydrogen) atoms. The second-order valence-corrected chi connectivity index (χ2v) is 10.3. The molecule has 1 fully saturated rings. The molecule has 2 heterocycles. The molecule has 3 aromatic rings. The standard InChI is InChI=1S/C19H15FN4O6S2/c1-32(29,30)12-3-5-14-16(8-12)31-19(21-14)22-18(26)10-6-17(25)23(9-10)11-2-4-13(20)15(7-11)24(27)28/h2-5,7-8,10H,6,9H2,1H3,(H,21,22,26). The van der Waals surface area contributed by atoms with Gasteiger partial charge in [0.05, 0.1) is 31.6 Å². The van der Waals surface area contributed by atoms with E-state index in [1.807, 2.05) is 0 Å². The molecule has 0 saturated carbocycles. The molecule has 2 amide bonds. The zero-order chi connectivity index (χ0) is 23.2. The Bertz CT molecular complexity index is 1390. The van der Waals surface area contributed by atoms with Crippen LogP contribution in [0.3, 0.4) is 0 Å². The first-order valence-corrected chi connectivity index (χ1v) is 11.9. The predicted octanol–water partition coefficient (Wildman–Crippen LogP) is 2.74. The van der Waals surface area contributed by atoms with E-state index in [2.05, 4.69) is 10.3 Å². The van der Waals surface area contributed by atoms with Gasteiger partial charge in [-0.1, -0.05) is 11.3 Å². The number of nitrogens with one attached hydrogen (secondary N) is 1. The molecule has 0 spiro atoms. The molecule has 4 rings (SSSR count). The second-order valence-electron chi connectivity index (χ2n) is 7.21. The van der Waals surface area contributed by atoms with E-state index in [-0.39, 0.29) is 28.7 Å². The third-order valence-electron chi connectivity index (χ3n) is 4.95. The van der Waals surface area contributed by atoms with Crippen molar-refractivity contribution in [2.45, 2.75) is 11.3 Å². The van der Waals surface area contributed by atoms with Crippen LogP contribution < -0.4 is 10.2 Å². The third kappa shape index (κ3) is 4.16. The Morgan fingerprint density at radius 3 is 2.75 bits per heavy atom. The zero-order valence-electron chi connectivity index (χ0n) is 16.4. The van der Waals surface area contributed by atoms with E-state index in [9.17, 15) is 32.5 Å². The van der Waals surface area contributed by atoms with Crippen LogP contribution in [-0.4, -0.2) is 42.9 Å². The van der Waals surface area contributed by atoms with E-state index in [1.165, 1.54) is 23.1 Å². The monoisotopic (exact) mass is 478 g/mol. The van der Waals surface area contributed by atoms with Gasteiger partial charge < -0.3 is 10.2 Å². The van der Waals surface area contributed by atoms with Gasteiger partial charge in [0.15, 0.2) is 15.0 Å². The smallest absolute Gasteiger partial charge is 0.306 e. The highest BCUT2D eigenvalue weighted by Crippen LogP contribution is 2.32. The van der Waals surface area contributed by atoms with E-state index < -0.39 is 44.0 Å². The van der Waals surface area contributed by atoms with E-state index in [0.29, 0.717) is 10.2 Å². The fourth-order valence-corrected chi connectivity index (χ4v) is 4.97. The van der Waals surface area contributed by atoms with Crippen molar-refractivity contribution in [2.24, 2.45) is 5.92 Å². The first-order valence-electron chi connectivity index (χ1n) is 9.19. The van der Waals surface area contributed by atoms with Crippen LogP contribution in [0.4, 0.5) is 20.9 Å². The molecule has 2 aromatic carbocycles. The Hall–Kier alpha value is -3.45. The number of benzene rings is 2. The Kier molecular flexibility index (Phi) is 5.38. The number of nitrogens with zero attached hydrogens (tertiary/aromatic N) is 3. The maximum Gasteiger partial charge on any atom is 0.306 e. The summed E-state index contributed by atoms with van der Waals surface area (Å²) >= 11 is 1.10. The van der Waals surface area contributed by atoms with Crippen molar-refractivity contribution in [2.75, 3.05) is 23.0 Å². The number of fused-ring (bicyclic) bond motifs is 1. The molecule has 1 unspecified atom stereocenters. The number of halogens is 1. The van der Waals surface area contributed by atoms with E-state index in [1.54, 1.807) is 6.07 Å². The van der Waals surface area contributed by atoms with Gasteiger partial charge in [-0.05, 0) is 30.3 Å². The lowest BCUT2D eigenvalue weighted by atomic mass is 10.1. The van der Waals surface area contributed by atoms with Gasteiger partial charge in [-0.3, -0.25) is 19.7 Å². The minimum absolute atomic E-state index is 0.0312. The number of nitro benzene ring substituents is 1. The van der Waals surface area contributed by atoms with Gasteiger partial charge in [-0.25, -0.2) is 13.4 Å². The first kappa shape index (κ1) is 21.8. The van der Waals surface area contributed by atoms with Crippen LogP contribution in [0, 0.1) is 21.8 Å². The normalized spacial score (nSPS) is 16.5. The summed E-state index contributed by atoms with van der Waals surface area (Å²) in [6.07, 6.45) is 0.969. The summed E-state index contributed by atoms with van der Waals surface area (Å²) in [7, 11) is -3.39. The van der Waals surface area contributed by atoms with Gasteiger partial charge in [0, 0.05) is 25.3 Å². The maximum atomic E-state index is 13.6. The molecular formula is C19H15FN4O6S2. The minimum atomic E-state index is -3.39. The topological polar surface area (TPSA) is 140 Å². The van der Waals surface area contributed by atoms with Crippen molar-refractivity contribution in [1.29, 1.82) is 0 Å². The Morgan fingerprint density at radius 2 is 2.06 bits per heavy atom. The molecule has 0 aliphatic carbocycles. The molecule has 1 N–H and O–H groups in total. The van der Waals surface area contributed by atoms with Crippen LogP contribution in [0.15, 0.2) is 41.3 Å².